The Balaban J connectivity index is 1.76. The molecule has 0 radical (unpaired) electrons. The molecule has 0 saturated carbocycles. The number of carbonyl (C=O) groups is 1. The average Bonchev–Trinajstić information content (AvgIpc) is 2.95. The van der Waals surface area contributed by atoms with Crippen LogP contribution in [0.2, 0.25) is 0 Å². The number of para-hydroxylation sites is 2. The van der Waals surface area contributed by atoms with Gasteiger partial charge in [-0.25, -0.2) is 0 Å². The molecule has 2 rings (SSSR count). The highest BCUT2D eigenvalue weighted by atomic mass is 127. The third-order valence-corrected chi connectivity index (χ3v) is 3.41. The molecule has 2 aromatic rings. The Morgan fingerprint density at radius 1 is 1.26 bits per heavy atom. The molecule has 0 saturated heterocycles. The number of nitrogens with one attached hydrogen (secondary N) is 2. The second-order valence-electron chi connectivity index (χ2n) is 4.47. The Labute approximate surface area is 146 Å². The number of benzene rings is 1. The largest absolute Gasteiger partial charge is 0.451 e. The molecule has 0 bridgehead atoms. The Hall–Kier alpha value is -2.36. The molecule has 7 nitrogen and oxygen atoms in total. The lowest BCUT2D eigenvalue weighted by Gasteiger charge is -2.07. The van der Waals surface area contributed by atoms with Gasteiger partial charge in [-0.1, -0.05) is 12.1 Å². The highest BCUT2D eigenvalue weighted by molar-refractivity contribution is 14.1. The van der Waals surface area contributed by atoms with Gasteiger partial charge in [-0.3, -0.25) is 14.9 Å². The van der Waals surface area contributed by atoms with E-state index in [1.165, 1.54) is 12.1 Å². The fraction of sp³-hybridized carbons (Fsp3) is 0.133. The number of hydrogen-bond donors (Lipinski definition) is 2. The molecule has 0 unspecified atom stereocenters. The summed E-state index contributed by atoms with van der Waals surface area (Å²) in [6.07, 6.45) is 2.95. The Morgan fingerprint density at radius 3 is 2.74 bits per heavy atom. The van der Waals surface area contributed by atoms with Gasteiger partial charge in [0, 0.05) is 25.2 Å². The van der Waals surface area contributed by atoms with E-state index in [4.69, 9.17) is 4.42 Å². The van der Waals surface area contributed by atoms with Crippen LogP contribution >= 0.6 is 22.6 Å². The van der Waals surface area contributed by atoms with Crippen molar-refractivity contribution >= 4 is 45.9 Å². The zero-order valence-electron chi connectivity index (χ0n) is 12.0. The van der Waals surface area contributed by atoms with Crippen molar-refractivity contribution < 1.29 is 14.1 Å². The molecule has 0 aliphatic rings. The quantitative estimate of drug-likeness (QED) is 0.233. The van der Waals surface area contributed by atoms with Gasteiger partial charge in [0.15, 0.2) is 3.77 Å². The first kappa shape index (κ1) is 17.0. The normalized spacial score (nSPS) is 10.7. The first-order valence-corrected chi connectivity index (χ1v) is 7.82. The van der Waals surface area contributed by atoms with Crippen LogP contribution < -0.4 is 10.6 Å². The predicted molar refractivity (Wildman–Crippen MR) is 95.1 cm³/mol. The van der Waals surface area contributed by atoms with E-state index in [-0.39, 0.29) is 11.6 Å². The Bertz CT molecular complexity index is 727. The van der Waals surface area contributed by atoms with Crippen molar-refractivity contribution in [1.82, 2.24) is 5.32 Å². The van der Waals surface area contributed by atoms with Gasteiger partial charge in [0.2, 0.25) is 5.91 Å². The summed E-state index contributed by atoms with van der Waals surface area (Å²) < 4.78 is 6.04. The van der Waals surface area contributed by atoms with Crippen molar-refractivity contribution in [2.75, 3.05) is 18.4 Å². The summed E-state index contributed by atoms with van der Waals surface area (Å²) in [4.78, 5) is 22.0. The Morgan fingerprint density at radius 2 is 2.04 bits per heavy atom. The van der Waals surface area contributed by atoms with Crippen molar-refractivity contribution in [3.05, 3.63) is 62.1 Å². The molecule has 120 valence electrons. The number of nitro groups is 1. The van der Waals surface area contributed by atoms with Gasteiger partial charge >= 0.3 is 0 Å². The lowest BCUT2D eigenvalue weighted by Crippen LogP contribution is -2.27. The van der Waals surface area contributed by atoms with Crippen LogP contribution in [0.3, 0.4) is 0 Å². The molecule has 8 heteroatoms. The van der Waals surface area contributed by atoms with Gasteiger partial charge in [0.1, 0.15) is 11.4 Å². The zero-order chi connectivity index (χ0) is 16.7. The maximum absolute atomic E-state index is 11.6. The second-order valence-corrected chi connectivity index (χ2v) is 5.53. The zero-order valence-corrected chi connectivity index (χ0v) is 14.1. The predicted octanol–water partition coefficient (Wildman–Crippen LogP) is 3.03. The molecule has 1 aromatic carbocycles. The molecule has 2 N–H and O–H groups in total. The number of carbonyl (C=O) groups excluding carboxylic acids is 1. The van der Waals surface area contributed by atoms with Crippen LogP contribution in [0.4, 0.5) is 11.4 Å². The van der Waals surface area contributed by atoms with Crippen LogP contribution in [0.5, 0.6) is 0 Å². The number of rotatable bonds is 7. The number of hydrogen-bond acceptors (Lipinski definition) is 5. The summed E-state index contributed by atoms with van der Waals surface area (Å²) in [5.41, 5.74) is 0.429. The lowest BCUT2D eigenvalue weighted by atomic mass is 10.2. The highest BCUT2D eigenvalue weighted by Gasteiger charge is 2.11. The van der Waals surface area contributed by atoms with Crippen molar-refractivity contribution in [2.24, 2.45) is 0 Å². The molecule has 0 fully saturated rings. The molecular formula is C15H14IN3O4. The van der Waals surface area contributed by atoms with Gasteiger partial charge in [0.25, 0.3) is 5.69 Å². The van der Waals surface area contributed by atoms with E-state index in [2.05, 4.69) is 10.6 Å². The number of nitrogens with zero attached hydrogens (tertiary/aromatic N) is 1. The first-order chi connectivity index (χ1) is 11.1. The number of anilines is 1. The highest BCUT2D eigenvalue weighted by Crippen LogP contribution is 2.22. The molecule has 0 aliphatic heterocycles. The molecule has 1 amide bonds. The summed E-state index contributed by atoms with van der Waals surface area (Å²) >= 11 is 2.04. The van der Waals surface area contributed by atoms with E-state index in [0.717, 1.165) is 3.77 Å². The van der Waals surface area contributed by atoms with Crippen LogP contribution in [-0.2, 0) is 4.79 Å². The maximum atomic E-state index is 11.6. The SMILES string of the molecule is O=C(/C=C/c1ccc(I)o1)NCCNc1ccccc1[N+](=O)[O-]. The first-order valence-electron chi connectivity index (χ1n) is 6.75. The van der Waals surface area contributed by atoms with Gasteiger partial charge in [-0.15, -0.1) is 0 Å². The van der Waals surface area contributed by atoms with Gasteiger partial charge in [-0.2, -0.15) is 0 Å². The minimum absolute atomic E-state index is 0.00569. The van der Waals surface area contributed by atoms with E-state index in [0.29, 0.717) is 24.5 Å². The number of halogens is 1. The molecule has 1 aromatic heterocycles. The van der Waals surface area contributed by atoms with E-state index < -0.39 is 4.92 Å². The number of amides is 1. The third-order valence-electron chi connectivity index (χ3n) is 2.83. The Kier molecular flexibility index (Phi) is 6.15. The smallest absolute Gasteiger partial charge is 0.292 e. The monoisotopic (exact) mass is 427 g/mol. The fourth-order valence-corrected chi connectivity index (χ4v) is 2.23. The topological polar surface area (TPSA) is 97.4 Å². The van der Waals surface area contributed by atoms with Crippen molar-refractivity contribution in [3.63, 3.8) is 0 Å². The third kappa shape index (κ3) is 5.40. The molecule has 23 heavy (non-hydrogen) atoms. The van der Waals surface area contributed by atoms with Crippen LogP contribution in [0.1, 0.15) is 5.76 Å². The lowest BCUT2D eigenvalue weighted by molar-refractivity contribution is -0.384. The molecular weight excluding hydrogens is 413 g/mol. The summed E-state index contributed by atoms with van der Waals surface area (Å²) in [6, 6.07) is 9.93. The van der Waals surface area contributed by atoms with Gasteiger partial charge in [-0.05, 0) is 46.9 Å². The molecule has 0 atom stereocenters. The molecule has 1 heterocycles. The van der Waals surface area contributed by atoms with E-state index >= 15 is 0 Å². The molecule has 0 spiro atoms. The minimum Gasteiger partial charge on any atom is -0.451 e. The summed E-state index contributed by atoms with van der Waals surface area (Å²) in [5.74, 6) is 0.336. The van der Waals surface area contributed by atoms with Crippen LogP contribution in [-0.4, -0.2) is 23.9 Å². The fourth-order valence-electron chi connectivity index (χ4n) is 1.80. The average molecular weight is 427 g/mol. The maximum Gasteiger partial charge on any atom is 0.292 e. The summed E-state index contributed by atoms with van der Waals surface area (Å²) in [7, 11) is 0. The summed E-state index contributed by atoms with van der Waals surface area (Å²) in [5, 5.41) is 16.5. The van der Waals surface area contributed by atoms with Crippen molar-refractivity contribution in [1.29, 1.82) is 0 Å². The van der Waals surface area contributed by atoms with Crippen LogP contribution in [0, 0.1) is 13.9 Å². The van der Waals surface area contributed by atoms with Gasteiger partial charge < -0.3 is 15.1 Å². The standard InChI is InChI=1S/C15H14IN3O4/c16-14-7-5-11(23-14)6-8-15(20)18-10-9-17-12-3-1-2-4-13(12)19(21)22/h1-8,17H,9-10H2,(H,18,20)/b8-6+. The van der Waals surface area contributed by atoms with Crippen LogP contribution in [0.15, 0.2) is 46.9 Å². The van der Waals surface area contributed by atoms with Crippen LogP contribution in [0.25, 0.3) is 6.08 Å². The molecule has 0 aliphatic carbocycles. The van der Waals surface area contributed by atoms with E-state index in [9.17, 15) is 14.9 Å². The summed E-state index contributed by atoms with van der Waals surface area (Å²) in [6.45, 7) is 0.716. The number of furan rings is 1. The second kappa shape index (κ2) is 8.32. The number of nitro benzene ring substituents is 1. The van der Waals surface area contributed by atoms with Crippen molar-refractivity contribution in [2.45, 2.75) is 0 Å². The van der Waals surface area contributed by atoms with Crippen molar-refractivity contribution in [3.8, 4) is 0 Å². The van der Waals surface area contributed by atoms with E-state index in [1.807, 2.05) is 22.6 Å². The minimum atomic E-state index is -0.450. The van der Waals surface area contributed by atoms with Gasteiger partial charge in [0.05, 0.1) is 4.92 Å². The van der Waals surface area contributed by atoms with E-state index in [1.54, 1.807) is 36.4 Å².